The normalized spacial score (nSPS) is 27.4. The Morgan fingerprint density at radius 2 is 1.81 bits per heavy atom. The molecule has 2 fully saturated rings. The van der Waals surface area contributed by atoms with E-state index in [4.69, 9.17) is 0 Å². The Labute approximate surface area is 189 Å². The zero-order valence-corrected chi connectivity index (χ0v) is 18.8. The van der Waals surface area contributed by atoms with Gasteiger partial charge in [0.05, 0.1) is 12.1 Å². The smallest absolute Gasteiger partial charge is 0.258 e. The third-order valence-electron chi connectivity index (χ3n) is 7.68. The molecule has 0 saturated carbocycles. The number of pyridine rings is 1. The Morgan fingerprint density at radius 3 is 2.50 bits per heavy atom. The van der Waals surface area contributed by atoms with Crippen LogP contribution in [0.1, 0.15) is 44.3 Å². The molecule has 0 bridgehead atoms. The van der Waals surface area contributed by atoms with Gasteiger partial charge in [-0.3, -0.25) is 14.5 Å². The second kappa shape index (κ2) is 8.83. The quantitative estimate of drug-likeness (QED) is 0.784. The molecule has 6 heteroatoms. The Bertz CT molecular complexity index is 1030. The lowest BCUT2D eigenvalue weighted by Crippen LogP contribution is -2.51. The van der Waals surface area contributed by atoms with Crippen LogP contribution in [0.5, 0.6) is 0 Å². The predicted molar refractivity (Wildman–Crippen MR) is 124 cm³/mol. The van der Waals surface area contributed by atoms with Crippen LogP contribution in [0.25, 0.3) is 11.1 Å². The number of benzene rings is 1. The fourth-order valence-corrected chi connectivity index (χ4v) is 6.24. The molecule has 0 aliphatic carbocycles. The van der Waals surface area contributed by atoms with E-state index in [2.05, 4.69) is 17.9 Å². The molecule has 1 aromatic heterocycles. The molecule has 32 heavy (non-hydrogen) atoms. The summed E-state index contributed by atoms with van der Waals surface area (Å²) in [4.78, 5) is 31.3. The predicted octanol–water partition coefficient (Wildman–Crippen LogP) is 2.90. The first kappa shape index (κ1) is 21.4. The highest BCUT2D eigenvalue weighted by molar-refractivity contribution is 5.83. The van der Waals surface area contributed by atoms with Crippen LogP contribution in [0.15, 0.2) is 47.3 Å². The lowest BCUT2D eigenvalue weighted by molar-refractivity contribution is -0.139. The van der Waals surface area contributed by atoms with Gasteiger partial charge in [-0.1, -0.05) is 37.3 Å². The second-order valence-electron chi connectivity index (χ2n) is 9.48. The van der Waals surface area contributed by atoms with Gasteiger partial charge in [0.1, 0.15) is 0 Å². The van der Waals surface area contributed by atoms with Crippen molar-refractivity contribution in [2.45, 2.75) is 51.2 Å². The molecule has 1 N–H and O–H groups in total. The number of likely N-dealkylation sites (tertiary alicyclic amines) is 2. The van der Waals surface area contributed by atoms with Crippen molar-refractivity contribution in [1.82, 2.24) is 14.4 Å². The fraction of sp³-hybridized carbons (Fsp3) is 0.538. The van der Waals surface area contributed by atoms with Gasteiger partial charge < -0.3 is 14.6 Å². The third kappa shape index (κ3) is 3.41. The Hall–Kier alpha value is -2.44. The number of fused-ring (bicyclic) bond motifs is 3. The zero-order valence-electron chi connectivity index (χ0n) is 18.8. The number of hydrogen-bond donors (Lipinski definition) is 1. The number of piperidine rings is 1. The SMILES string of the molecule is CCCN1[C@H](C(=O)N2CCCCC2)[C@@H](CO)[C@@H]2Cn3c(ccc(-c4ccccc4)c3=O)[C@@H]21. The molecule has 3 aliphatic rings. The molecule has 0 spiro atoms. The molecule has 6 nitrogen and oxygen atoms in total. The number of nitrogens with zero attached hydrogens (tertiary/aromatic N) is 3. The standard InChI is InChI=1S/C26H33N3O3/c1-2-13-28-23-20(21(17-30)24(28)26(32)27-14-7-4-8-15-27)16-29-22(23)12-11-19(25(29)31)18-9-5-3-6-10-18/h3,5-6,9-12,20-21,23-24,30H,2,4,7-8,13-17H2,1H3/t20-,21-,23+,24-/m0/s1. The van der Waals surface area contributed by atoms with Gasteiger partial charge in [0.25, 0.3) is 5.56 Å². The van der Waals surface area contributed by atoms with Gasteiger partial charge in [0, 0.05) is 49.3 Å². The summed E-state index contributed by atoms with van der Waals surface area (Å²) in [6.45, 7) is 5.09. The number of carbonyl (C=O) groups is 1. The maximum Gasteiger partial charge on any atom is 0.258 e. The van der Waals surface area contributed by atoms with E-state index >= 15 is 0 Å². The van der Waals surface area contributed by atoms with E-state index in [-0.39, 0.29) is 42.0 Å². The minimum atomic E-state index is -0.300. The Balaban J connectivity index is 1.53. The average molecular weight is 436 g/mol. The Morgan fingerprint density at radius 1 is 1.06 bits per heavy atom. The minimum absolute atomic E-state index is 0.00311. The molecule has 0 unspecified atom stereocenters. The zero-order chi connectivity index (χ0) is 22.2. The summed E-state index contributed by atoms with van der Waals surface area (Å²) < 4.78 is 1.89. The van der Waals surface area contributed by atoms with Crippen LogP contribution in [0, 0.1) is 11.8 Å². The summed E-state index contributed by atoms with van der Waals surface area (Å²) in [6.07, 6.45) is 4.23. The van der Waals surface area contributed by atoms with Gasteiger partial charge >= 0.3 is 0 Å². The van der Waals surface area contributed by atoms with Crippen molar-refractivity contribution in [3.8, 4) is 11.1 Å². The van der Waals surface area contributed by atoms with Crippen LogP contribution in [0.3, 0.4) is 0 Å². The first-order valence-electron chi connectivity index (χ1n) is 12.1. The van der Waals surface area contributed by atoms with Crippen molar-refractivity contribution < 1.29 is 9.90 Å². The van der Waals surface area contributed by atoms with Crippen LogP contribution in [-0.4, -0.2) is 57.7 Å². The van der Waals surface area contributed by atoms with E-state index < -0.39 is 0 Å². The maximum atomic E-state index is 13.6. The molecule has 4 atom stereocenters. The first-order chi connectivity index (χ1) is 15.7. The summed E-state index contributed by atoms with van der Waals surface area (Å²) >= 11 is 0. The van der Waals surface area contributed by atoms with E-state index in [1.807, 2.05) is 45.9 Å². The average Bonchev–Trinajstić information content (AvgIpc) is 3.36. The van der Waals surface area contributed by atoms with E-state index in [0.717, 1.165) is 50.2 Å². The van der Waals surface area contributed by atoms with E-state index in [1.165, 1.54) is 6.42 Å². The van der Waals surface area contributed by atoms with E-state index in [1.54, 1.807) is 0 Å². The third-order valence-corrected chi connectivity index (χ3v) is 7.68. The number of aromatic nitrogens is 1. The van der Waals surface area contributed by atoms with Crippen molar-refractivity contribution in [3.63, 3.8) is 0 Å². The number of hydrogen-bond acceptors (Lipinski definition) is 4. The summed E-state index contributed by atoms with van der Waals surface area (Å²) in [7, 11) is 0. The summed E-state index contributed by atoms with van der Waals surface area (Å²) in [5.74, 6) is 0.0888. The monoisotopic (exact) mass is 435 g/mol. The molecule has 4 heterocycles. The molecule has 2 aromatic rings. The van der Waals surface area contributed by atoms with Crippen molar-refractivity contribution >= 4 is 5.91 Å². The van der Waals surface area contributed by atoms with Gasteiger partial charge in [0.2, 0.25) is 5.91 Å². The van der Waals surface area contributed by atoms with Gasteiger partial charge in [-0.25, -0.2) is 0 Å². The lowest BCUT2D eigenvalue weighted by atomic mass is 9.88. The maximum absolute atomic E-state index is 13.6. The molecule has 170 valence electrons. The summed E-state index contributed by atoms with van der Waals surface area (Å²) in [6, 6.07) is 13.5. The van der Waals surface area contributed by atoms with Gasteiger partial charge in [0.15, 0.2) is 0 Å². The highest BCUT2D eigenvalue weighted by Crippen LogP contribution is 2.49. The molecule has 5 rings (SSSR count). The van der Waals surface area contributed by atoms with Gasteiger partial charge in [-0.05, 0) is 49.9 Å². The second-order valence-corrected chi connectivity index (χ2v) is 9.48. The van der Waals surface area contributed by atoms with Crippen molar-refractivity contribution in [2.24, 2.45) is 11.8 Å². The van der Waals surface area contributed by atoms with Crippen LogP contribution in [0.4, 0.5) is 0 Å². The minimum Gasteiger partial charge on any atom is -0.396 e. The van der Waals surface area contributed by atoms with Crippen molar-refractivity contribution in [2.75, 3.05) is 26.2 Å². The number of rotatable bonds is 5. The van der Waals surface area contributed by atoms with E-state index in [9.17, 15) is 14.7 Å². The first-order valence-corrected chi connectivity index (χ1v) is 12.1. The highest BCUT2D eigenvalue weighted by Gasteiger charge is 2.55. The van der Waals surface area contributed by atoms with Crippen LogP contribution >= 0.6 is 0 Å². The molecule has 1 aromatic carbocycles. The van der Waals surface area contributed by atoms with Crippen LogP contribution in [0.2, 0.25) is 0 Å². The van der Waals surface area contributed by atoms with Crippen molar-refractivity contribution in [3.05, 3.63) is 58.5 Å². The topological polar surface area (TPSA) is 65.8 Å². The largest absolute Gasteiger partial charge is 0.396 e. The molecule has 2 saturated heterocycles. The summed E-state index contributed by atoms with van der Waals surface area (Å²) in [5, 5.41) is 10.4. The molecule has 3 aliphatic heterocycles. The van der Waals surface area contributed by atoms with Crippen LogP contribution in [-0.2, 0) is 11.3 Å². The Kier molecular flexibility index (Phi) is 5.91. The van der Waals surface area contributed by atoms with E-state index in [0.29, 0.717) is 12.1 Å². The number of aliphatic hydroxyl groups excluding tert-OH is 1. The number of amides is 1. The summed E-state index contributed by atoms with van der Waals surface area (Å²) in [5.41, 5.74) is 2.64. The number of carbonyl (C=O) groups excluding carboxylic acids is 1. The number of aliphatic hydroxyl groups is 1. The highest BCUT2D eigenvalue weighted by atomic mass is 16.3. The van der Waals surface area contributed by atoms with Crippen LogP contribution < -0.4 is 5.56 Å². The fourth-order valence-electron chi connectivity index (χ4n) is 6.24. The molecular weight excluding hydrogens is 402 g/mol. The molecular formula is C26H33N3O3. The van der Waals surface area contributed by atoms with Gasteiger partial charge in [-0.2, -0.15) is 0 Å². The van der Waals surface area contributed by atoms with Gasteiger partial charge in [-0.15, -0.1) is 0 Å². The molecule has 1 amide bonds. The lowest BCUT2D eigenvalue weighted by Gasteiger charge is -2.36. The molecule has 0 radical (unpaired) electrons. The van der Waals surface area contributed by atoms with Crippen molar-refractivity contribution in [1.29, 1.82) is 0 Å².